The molecule has 1 fully saturated rings. The van der Waals surface area contributed by atoms with Crippen LogP contribution in [0.4, 0.5) is 4.39 Å². The zero-order chi connectivity index (χ0) is 17.0. The van der Waals surface area contributed by atoms with Crippen LogP contribution in [0, 0.1) is 11.7 Å². The smallest absolute Gasteiger partial charge is 0.279 e. The molecule has 0 unspecified atom stereocenters. The number of benzene rings is 1. The van der Waals surface area contributed by atoms with Gasteiger partial charge in [-0.3, -0.25) is 20.4 Å². The zero-order valence-electron chi connectivity index (χ0n) is 12.4. The number of rotatable bonds is 4. The summed E-state index contributed by atoms with van der Waals surface area (Å²) in [5.41, 5.74) is 4.31. The topological polar surface area (TPSA) is 102 Å². The average molecular weight is 344 g/mol. The summed E-state index contributed by atoms with van der Waals surface area (Å²) in [6.45, 7) is 1.40. The molecule has 0 aliphatic carbocycles. The summed E-state index contributed by atoms with van der Waals surface area (Å²) in [7, 11) is -3.18. The van der Waals surface area contributed by atoms with Crippen LogP contribution in [-0.4, -0.2) is 37.8 Å². The highest BCUT2D eigenvalue weighted by Crippen LogP contribution is 2.18. The van der Waals surface area contributed by atoms with E-state index < -0.39 is 39.5 Å². The van der Waals surface area contributed by atoms with Gasteiger partial charge in [-0.05, 0) is 25.5 Å². The zero-order valence-corrected chi connectivity index (χ0v) is 13.2. The summed E-state index contributed by atoms with van der Waals surface area (Å²) in [5, 5.41) is 0. The van der Waals surface area contributed by atoms with Crippen molar-refractivity contribution < 1.29 is 27.1 Å². The van der Waals surface area contributed by atoms with E-state index in [1.54, 1.807) is 6.07 Å². The summed E-state index contributed by atoms with van der Waals surface area (Å²) < 4.78 is 41.2. The third kappa shape index (κ3) is 4.65. The molecule has 1 aliphatic heterocycles. The predicted octanol–water partition coefficient (Wildman–Crippen LogP) is 0.175. The summed E-state index contributed by atoms with van der Waals surface area (Å²) in [6, 6.07) is 5.62. The Morgan fingerprint density at radius 1 is 1.30 bits per heavy atom. The molecule has 2 amide bonds. The lowest BCUT2D eigenvalue weighted by Gasteiger charge is -2.16. The van der Waals surface area contributed by atoms with E-state index >= 15 is 0 Å². The highest BCUT2D eigenvalue weighted by atomic mass is 32.2. The Kier molecular flexibility index (Phi) is 5.19. The Bertz CT molecular complexity index is 707. The number of halogens is 1. The molecular formula is C14H17FN2O5S. The number of hydrogen-bond acceptors (Lipinski definition) is 5. The standard InChI is InChI=1S/C14H17FN2O5S/c1-9(22-12-5-3-2-4-11(12)15)13(18)16-17-14(19)10-6-7-23(20,21)8-10/h2-5,9-10H,6-8H2,1H3,(H,16,18)(H,17,19)/t9-,10+/m1/s1. The van der Waals surface area contributed by atoms with Gasteiger partial charge in [0.25, 0.3) is 5.91 Å². The first-order chi connectivity index (χ1) is 10.8. The van der Waals surface area contributed by atoms with Crippen molar-refractivity contribution in [2.24, 2.45) is 5.92 Å². The van der Waals surface area contributed by atoms with Crippen LogP contribution < -0.4 is 15.6 Å². The molecule has 1 aliphatic rings. The van der Waals surface area contributed by atoms with Crippen molar-refractivity contribution in [3.63, 3.8) is 0 Å². The van der Waals surface area contributed by atoms with Crippen molar-refractivity contribution in [2.45, 2.75) is 19.4 Å². The van der Waals surface area contributed by atoms with Gasteiger partial charge in [0.2, 0.25) is 5.91 Å². The SMILES string of the molecule is C[C@@H](Oc1ccccc1F)C(=O)NNC(=O)[C@H]1CCS(=O)(=O)C1. The number of ether oxygens (including phenoxy) is 1. The highest BCUT2D eigenvalue weighted by Gasteiger charge is 2.33. The number of para-hydroxylation sites is 1. The quantitative estimate of drug-likeness (QED) is 0.759. The van der Waals surface area contributed by atoms with E-state index in [-0.39, 0.29) is 23.7 Å². The van der Waals surface area contributed by atoms with Crippen molar-refractivity contribution in [2.75, 3.05) is 11.5 Å². The van der Waals surface area contributed by atoms with E-state index in [0.717, 1.165) is 0 Å². The number of hydrogen-bond donors (Lipinski definition) is 2. The van der Waals surface area contributed by atoms with E-state index in [0.29, 0.717) is 0 Å². The minimum Gasteiger partial charge on any atom is -0.478 e. The van der Waals surface area contributed by atoms with Crippen molar-refractivity contribution >= 4 is 21.7 Å². The van der Waals surface area contributed by atoms with E-state index in [4.69, 9.17) is 4.74 Å². The third-order valence-corrected chi connectivity index (χ3v) is 5.19. The summed E-state index contributed by atoms with van der Waals surface area (Å²) in [5.74, 6) is -2.87. The van der Waals surface area contributed by atoms with Crippen LogP contribution in [0.25, 0.3) is 0 Å². The number of carbonyl (C=O) groups excluding carboxylic acids is 2. The van der Waals surface area contributed by atoms with Crippen LogP contribution in [-0.2, 0) is 19.4 Å². The molecule has 2 N–H and O–H groups in total. The lowest BCUT2D eigenvalue weighted by atomic mass is 10.1. The van der Waals surface area contributed by atoms with Gasteiger partial charge in [0, 0.05) is 0 Å². The maximum Gasteiger partial charge on any atom is 0.279 e. The molecule has 9 heteroatoms. The monoisotopic (exact) mass is 344 g/mol. The Hall–Kier alpha value is -2.16. The van der Waals surface area contributed by atoms with Gasteiger partial charge in [-0.15, -0.1) is 0 Å². The second kappa shape index (κ2) is 6.95. The molecule has 1 heterocycles. The van der Waals surface area contributed by atoms with E-state index in [9.17, 15) is 22.4 Å². The van der Waals surface area contributed by atoms with Crippen LogP contribution in [0.2, 0.25) is 0 Å². The molecule has 2 atom stereocenters. The van der Waals surface area contributed by atoms with Gasteiger partial charge in [0.15, 0.2) is 27.5 Å². The van der Waals surface area contributed by atoms with Gasteiger partial charge in [-0.2, -0.15) is 0 Å². The molecule has 0 bridgehead atoms. The molecule has 23 heavy (non-hydrogen) atoms. The van der Waals surface area contributed by atoms with Crippen molar-refractivity contribution in [1.82, 2.24) is 10.9 Å². The molecule has 0 aromatic heterocycles. The van der Waals surface area contributed by atoms with Gasteiger partial charge in [-0.1, -0.05) is 12.1 Å². The number of hydrazine groups is 1. The van der Waals surface area contributed by atoms with E-state index in [1.165, 1.54) is 25.1 Å². The molecule has 2 rings (SSSR count). The first kappa shape index (κ1) is 17.2. The molecule has 1 aromatic carbocycles. The van der Waals surface area contributed by atoms with Crippen molar-refractivity contribution in [1.29, 1.82) is 0 Å². The first-order valence-electron chi connectivity index (χ1n) is 7.00. The molecule has 0 spiro atoms. The lowest BCUT2D eigenvalue weighted by molar-refractivity contribution is -0.134. The van der Waals surface area contributed by atoms with Gasteiger partial charge in [0.05, 0.1) is 17.4 Å². The van der Waals surface area contributed by atoms with Crippen LogP contribution in [0.5, 0.6) is 5.75 Å². The van der Waals surface area contributed by atoms with E-state index in [2.05, 4.69) is 10.9 Å². The van der Waals surface area contributed by atoms with Crippen molar-refractivity contribution in [3.05, 3.63) is 30.1 Å². The molecular weight excluding hydrogens is 327 g/mol. The molecule has 0 saturated carbocycles. The first-order valence-corrected chi connectivity index (χ1v) is 8.82. The Labute approximate surface area is 133 Å². The number of nitrogens with one attached hydrogen (secondary N) is 2. The minimum atomic E-state index is -3.18. The molecule has 7 nitrogen and oxygen atoms in total. The van der Waals surface area contributed by atoms with E-state index in [1.807, 2.05) is 0 Å². The average Bonchev–Trinajstić information content (AvgIpc) is 2.87. The second-order valence-corrected chi connectivity index (χ2v) is 7.50. The third-order valence-electron chi connectivity index (χ3n) is 3.42. The normalized spacial score (nSPS) is 20.5. The fraction of sp³-hybridized carbons (Fsp3) is 0.429. The minimum absolute atomic E-state index is 0.0359. The van der Waals surface area contributed by atoms with Crippen molar-refractivity contribution in [3.8, 4) is 5.75 Å². The van der Waals surface area contributed by atoms with Crippen LogP contribution in [0.3, 0.4) is 0 Å². The van der Waals surface area contributed by atoms with Gasteiger partial charge >= 0.3 is 0 Å². The van der Waals surface area contributed by atoms with Gasteiger partial charge < -0.3 is 4.74 Å². The Balaban J connectivity index is 1.82. The second-order valence-electron chi connectivity index (χ2n) is 5.27. The van der Waals surface area contributed by atoms with Gasteiger partial charge in [-0.25, -0.2) is 12.8 Å². The van der Waals surface area contributed by atoms with Gasteiger partial charge in [0.1, 0.15) is 0 Å². The predicted molar refractivity (Wildman–Crippen MR) is 79.5 cm³/mol. The molecule has 1 saturated heterocycles. The number of carbonyl (C=O) groups is 2. The van der Waals surface area contributed by atoms with Crippen LogP contribution in [0.15, 0.2) is 24.3 Å². The molecule has 126 valence electrons. The highest BCUT2D eigenvalue weighted by molar-refractivity contribution is 7.91. The Morgan fingerprint density at radius 2 is 2.00 bits per heavy atom. The largest absolute Gasteiger partial charge is 0.478 e. The maximum atomic E-state index is 13.4. The summed E-state index contributed by atoms with van der Waals surface area (Å²) in [6.07, 6.45) is -0.815. The maximum absolute atomic E-state index is 13.4. The lowest BCUT2D eigenvalue weighted by Crippen LogP contribution is -2.49. The molecule has 0 radical (unpaired) electrons. The van der Waals surface area contributed by atoms with Crippen LogP contribution in [0.1, 0.15) is 13.3 Å². The molecule has 1 aromatic rings. The fourth-order valence-electron chi connectivity index (χ4n) is 2.11. The Morgan fingerprint density at radius 3 is 2.61 bits per heavy atom. The summed E-state index contributed by atoms with van der Waals surface area (Å²) in [4.78, 5) is 23.6. The number of amides is 2. The van der Waals surface area contributed by atoms with Crippen LogP contribution >= 0.6 is 0 Å². The summed E-state index contributed by atoms with van der Waals surface area (Å²) >= 11 is 0. The number of sulfone groups is 1. The fourth-order valence-corrected chi connectivity index (χ4v) is 3.85.